The van der Waals surface area contributed by atoms with Gasteiger partial charge >= 0.3 is 0 Å². The summed E-state index contributed by atoms with van der Waals surface area (Å²) in [6.07, 6.45) is 3.31. The summed E-state index contributed by atoms with van der Waals surface area (Å²) in [5, 5.41) is 14.5. The predicted molar refractivity (Wildman–Crippen MR) is 101 cm³/mol. The predicted octanol–water partition coefficient (Wildman–Crippen LogP) is 1.29. The Labute approximate surface area is 153 Å². The van der Waals surface area contributed by atoms with Gasteiger partial charge in [-0.25, -0.2) is 0 Å². The van der Waals surface area contributed by atoms with Gasteiger partial charge in [-0.15, -0.1) is 10.2 Å². The molecule has 1 saturated heterocycles. The molecule has 26 heavy (non-hydrogen) atoms. The second kappa shape index (κ2) is 8.46. The van der Waals surface area contributed by atoms with Crippen LogP contribution >= 0.6 is 0 Å². The SMILES string of the molecule is CCn1cnnc1CNC(=NC)NCc1ccc(N2CCCC2=O)cc1. The molecule has 2 N–H and O–H groups in total. The van der Waals surface area contributed by atoms with Gasteiger partial charge in [0.2, 0.25) is 5.91 Å². The Morgan fingerprint density at radius 1 is 1.23 bits per heavy atom. The van der Waals surface area contributed by atoms with Gasteiger partial charge in [0.15, 0.2) is 11.8 Å². The van der Waals surface area contributed by atoms with Crippen LogP contribution in [0, 0.1) is 0 Å². The number of aromatic nitrogens is 3. The van der Waals surface area contributed by atoms with Crippen LogP contribution in [0.25, 0.3) is 0 Å². The number of hydrogen-bond acceptors (Lipinski definition) is 4. The Bertz CT molecular complexity index is 766. The zero-order valence-corrected chi connectivity index (χ0v) is 15.3. The number of aliphatic imine (C=N–C) groups is 1. The highest BCUT2D eigenvalue weighted by Crippen LogP contribution is 2.21. The number of rotatable bonds is 6. The molecule has 0 atom stereocenters. The number of amides is 1. The lowest BCUT2D eigenvalue weighted by atomic mass is 10.2. The van der Waals surface area contributed by atoms with Crippen LogP contribution in [0.2, 0.25) is 0 Å². The van der Waals surface area contributed by atoms with E-state index in [2.05, 4.69) is 32.7 Å². The number of carbonyl (C=O) groups is 1. The number of aryl methyl sites for hydroxylation is 1. The zero-order chi connectivity index (χ0) is 18.4. The molecule has 1 aliphatic heterocycles. The highest BCUT2D eigenvalue weighted by molar-refractivity contribution is 5.95. The Kier molecular flexibility index (Phi) is 5.83. The highest BCUT2D eigenvalue weighted by atomic mass is 16.2. The van der Waals surface area contributed by atoms with Crippen molar-refractivity contribution in [2.24, 2.45) is 4.99 Å². The second-order valence-corrected chi connectivity index (χ2v) is 6.13. The van der Waals surface area contributed by atoms with E-state index in [0.717, 1.165) is 36.6 Å². The van der Waals surface area contributed by atoms with Crippen LogP contribution in [-0.2, 0) is 24.4 Å². The summed E-state index contributed by atoms with van der Waals surface area (Å²) < 4.78 is 1.98. The molecule has 1 aliphatic rings. The molecule has 8 heteroatoms. The van der Waals surface area contributed by atoms with Crippen molar-refractivity contribution in [1.29, 1.82) is 0 Å². The van der Waals surface area contributed by atoms with E-state index in [-0.39, 0.29) is 5.91 Å². The van der Waals surface area contributed by atoms with Crippen molar-refractivity contribution in [2.45, 2.75) is 39.4 Å². The molecule has 2 aromatic rings. The lowest BCUT2D eigenvalue weighted by Gasteiger charge is -2.16. The Hall–Kier alpha value is -2.90. The molecule has 0 spiro atoms. The number of carbonyl (C=O) groups excluding carboxylic acids is 1. The average molecular weight is 355 g/mol. The molecule has 8 nitrogen and oxygen atoms in total. The first-order valence-electron chi connectivity index (χ1n) is 8.91. The van der Waals surface area contributed by atoms with E-state index in [1.807, 2.05) is 33.7 Å². The number of nitrogens with one attached hydrogen (secondary N) is 2. The third-order valence-corrected chi connectivity index (χ3v) is 4.46. The summed E-state index contributed by atoms with van der Waals surface area (Å²) >= 11 is 0. The molecule has 0 bridgehead atoms. The maximum absolute atomic E-state index is 11.8. The van der Waals surface area contributed by atoms with Gasteiger partial charge in [0.1, 0.15) is 6.33 Å². The maximum Gasteiger partial charge on any atom is 0.227 e. The van der Waals surface area contributed by atoms with Crippen LogP contribution in [0.3, 0.4) is 0 Å². The molecule has 0 unspecified atom stereocenters. The quantitative estimate of drug-likeness (QED) is 0.602. The van der Waals surface area contributed by atoms with Gasteiger partial charge < -0.3 is 20.1 Å². The summed E-state index contributed by atoms with van der Waals surface area (Å²) in [6.45, 7) is 4.91. The van der Waals surface area contributed by atoms with Gasteiger partial charge in [0, 0.05) is 38.8 Å². The van der Waals surface area contributed by atoms with Gasteiger partial charge in [-0.1, -0.05) is 12.1 Å². The summed E-state index contributed by atoms with van der Waals surface area (Å²) in [5.41, 5.74) is 2.10. The van der Waals surface area contributed by atoms with Crippen molar-refractivity contribution >= 4 is 17.6 Å². The van der Waals surface area contributed by atoms with Crippen LogP contribution < -0.4 is 15.5 Å². The molecule has 3 rings (SSSR count). The van der Waals surface area contributed by atoms with Crippen molar-refractivity contribution in [3.05, 3.63) is 42.0 Å². The maximum atomic E-state index is 11.8. The fourth-order valence-electron chi connectivity index (χ4n) is 2.96. The van der Waals surface area contributed by atoms with Gasteiger partial charge in [-0.3, -0.25) is 9.79 Å². The molecule has 1 aromatic carbocycles. The van der Waals surface area contributed by atoms with Crippen molar-refractivity contribution in [3.8, 4) is 0 Å². The van der Waals surface area contributed by atoms with E-state index < -0.39 is 0 Å². The first-order chi connectivity index (χ1) is 12.7. The van der Waals surface area contributed by atoms with E-state index >= 15 is 0 Å². The van der Waals surface area contributed by atoms with Gasteiger partial charge in [-0.05, 0) is 31.0 Å². The van der Waals surface area contributed by atoms with Crippen LogP contribution in [0.1, 0.15) is 31.2 Å². The summed E-state index contributed by atoms with van der Waals surface area (Å²) in [5.74, 6) is 1.78. The highest BCUT2D eigenvalue weighted by Gasteiger charge is 2.21. The number of guanidine groups is 1. The van der Waals surface area contributed by atoms with Crippen LogP contribution in [0.4, 0.5) is 5.69 Å². The lowest BCUT2D eigenvalue weighted by Crippen LogP contribution is -2.37. The number of benzene rings is 1. The van der Waals surface area contributed by atoms with Crippen LogP contribution in [0.5, 0.6) is 0 Å². The average Bonchev–Trinajstić information content (AvgIpc) is 3.31. The van der Waals surface area contributed by atoms with E-state index in [1.54, 1.807) is 13.4 Å². The molecule has 0 saturated carbocycles. The Balaban J connectivity index is 1.51. The van der Waals surface area contributed by atoms with Gasteiger partial charge in [-0.2, -0.15) is 0 Å². The Morgan fingerprint density at radius 2 is 2.00 bits per heavy atom. The van der Waals surface area contributed by atoms with Crippen molar-refractivity contribution in [3.63, 3.8) is 0 Å². The lowest BCUT2D eigenvalue weighted by molar-refractivity contribution is -0.117. The number of nitrogens with zero attached hydrogens (tertiary/aromatic N) is 5. The zero-order valence-electron chi connectivity index (χ0n) is 15.3. The molecule has 1 amide bonds. The van der Waals surface area contributed by atoms with E-state index in [9.17, 15) is 4.79 Å². The fourth-order valence-corrected chi connectivity index (χ4v) is 2.96. The minimum Gasteiger partial charge on any atom is -0.352 e. The fraction of sp³-hybridized carbons (Fsp3) is 0.444. The molecule has 0 aliphatic carbocycles. The van der Waals surface area contributed by atoms with Crippen LogP contribution in [0.15, 0.2) is 35.6 Å². The molecule has 1 aromatic heterocycles. The standard InChI is InChI=1S/C18H25N7O/c1-3-24-13-22-23-16(24)12-21-18(19-2)20-11-14-6-8-15(9-7-14)25-10-4-5-17(25)26/h6-9,13H,3-5,10-12H2,1-2H3,(H2,19,20,21). The largest absolute Gasteiger partial charge is 0.352 e. The van der Waals surface area contributed by atoms with Crippen molar-refractivity contribution in [1.82, 2.24) is 25.4 Å². The molecular formula is C18H25N7O. The summed E-state index contributed by atoms with van der Waals surface area (Å²) in [6, 6.07) is 8.07. The van der Waals surface area contributed by atoms with Gasteiger partial charge in [0.25, 0.3) is 0 Å². The first kappa shape index (κ1) is 17.9. The van der Waals surface area contributed by atoms with E-state index in [4.69, 9.17) is 0 Å². The molecule has 138 valence electrons. The molecule has 2 heterocycles. The number of anilines is 1. The van der Waals surface area contributed by atoms with Crippen LogP contribution in [-0.4, -0.2) is 40.2 Å². The van der Waals surface area contributed by atoms with Gasteiger partial charge in [0.05, 0.1) is 6.54 Å². The third kappa shape index (κ3) is 4.19. The summed E-state index contributed by atoms with van der Waals surface area (Å²) in [4.78, 5) is 17.9. The van der Waals surface area contributed by atoms with E-state index in [1.165, 1.54) is 0 Å². The summed E-state index contributed by atoms with van der Waals surface area (Å²) in [7, 11) is 1.74. The normalized spacial score (nSPS) is 14.8. The van der Waals surface area contributed by atoms with Crippen molar-refractivity contribution in [2.75, 3.05) is 18.5 Å². The smallest absolute Gasteiger partial charge is 0.227 e. The second-order valence-electron chi connectivity index (χ2n) is 6.13. The first-order valence-corrected chi connectivity index (χ1v) is 8.91. The molecular weight excluding hydrogens is 330 g/mol. The molecule has 1 fully saturated rings. The Morgan fingerprint density at radius 3 is 2.65 bits per heavy atom. The van der Waals surface area contributed by atoms with Crippen molar-refractivity contribution < 1.29 is 4.79 Å². The number of hydrogen-bond donors (Lipinski definition) is 2. The van der Waals surface area contributed by atoms with E-state index in [0.29, 0.717) is 25.5 Å². The molecule has 0 radical (unpaired) electrons. The minimum atomic E-state index is 0.209. The minimum absolute atomic E-state index is 0.209. The third-order valence-electron chi connectivity index (χ3n) is 4.46. The monoisotopic (exact) mass is 355 g/mol. The topological polar surface area (TPSA) is 87.4 Å².